The van der Waals surface area contributed by atoms with E-state index in [2.05, 4.69) is 24.1 Å². The van der Waals surface area contributed by atoms with Gasteiger partial charge in [0.1, 0.15) is 0 Å². The lowest BCUT2D eigenvalue weighted by atomic mass is 9.93. The Hall–Kier alpha value is -2.66. The molecule has 5 heteroatoms. The smallest absolute Gasteiger partial charge is 0.308 e. The van der Waals surface area contributed by atoms with Crippen LogP contribution >= 0.6 is 0 Å². The Morgan fingerprint density at radius 2 is 1.71 bits per heavy atom. The summed E-state index contributed by atoms with van der Waals surface area (Å²) in [6.45, 7) is 3.85. The molecule has 1 aliphatic heterocycles. The van der Waals surface area contributed by atoms with Crippen LogP contribution < -0.4 is 0 Å². The first-order chi connectivity index (χ1) is 13.4. The van der Waals surface area contributed by atoms with Crippen LogP contribution in [0.15, 0.2) is 54.6 Å². The topological polar surface area (TPSA) is 60.9 Å². The van der Waals surface area contributed by atoms with Crippen molar-refractivity contribution in [2.75, 3.05) is 13.6 Å². The molecule has 1 fully saturated rings. The molecule has 0 aliphatic carbocycles. The number of likely N-dealkylation sites (tertiary alicyclic amines) is 1. The van der Waals surface area contributed by atoms with E-state index in [9.17, 15) is 14.7 Å². The minimum atomic E-state index is -0.819. The molecule has 5 nitrogen and oxygen atoms in total. The van der Waals surface area contributed by atoms with Crippen LogP contribution in [0.1, 0.15) is 41.3 Å². The van der Waals surface area contributed by atoms with Gasteiger partial charge < -0.3 is 10.0 Å². The molecule has 1 saturated heterocycles. The summed E-state index contributed by atoms with van der Waals surface area (Å²) >= 11 is 0. The van der Waals surface area contributed by atoms with E-state index in [-0.39, 0.29) is 18.5 Å². The maximum absolute atomic E-state index is 13.0. The van der Waals surface area contributed by atoms with Gasteiger partial charge in [0.15, 0.2) is 0 Å². The lowest BCUT2D eigenvalue weighted by Gasteiger charge is -2.36. The normalized spacial score (nSPS) is 19.6. The fraction of sp³-hybridized carbons (Fsp3) is 0.391. The van der Waals surface area contributed by atoms with Crippen molar-refractivity contribution in [3.63, 3.8) is 0 Å². The number of amides is 1. The fourth-order valence-corrected chi connectivity index (χ4v) is 3.82. The molecule has 1 heterocycles. The number of hydrogen-bond donors (Lipinski definition) is 1. The molecule has 1 N–H and O–H groups in total. The first-order valence-corrected chi connectivity index (χ1v) is 9.79. The van der Waals surface area contributed by atoms with E-state index in [4.69, 9.17) is 0 Å². The van der Waals surface area contributed by atoms with Crippen molar-refractivity contribution in [3.8, 4) is 0 Å². The summed E-state index contributed by atoms with van der Waals surface area (Å²) in [5.74, 6) is -1.37. The lowest BCUT2D eigenvalue weighted by molar-refractivity contribution is -0.143. The number of benzene rings is 2. The minimum absolute atomic E-state index is 0.0625. The Labute approximate surface area is 166 Å². The maximum Gasteiger partial charge on any atom is 0.308 e. The standard InChI is InChI=1S/C23H28N2O3/c1-17-11-12-21(23(27)28)16-25(17)22(26)20-10-6-9-19(13-20)15-24(2)14-18-7-4-3-5-8-18/h3-10,13,17,21H,11-12,14-16H2,1-2H3,(H,27,28). The van der Waals surface area contributed by atoms with Gasteiger partial charge in [-0.15, -0.1) is 0 Å². The van der Waals surface area contributed by atoms with Crippen molar-refractivity contribution in [3.05, 3.63) is 71.3 Å². The highest BCUT2D eigenvalue weighted by Gasteiger charge is 2.32. The van der Waals surface area contributed by atoms with Gasteiger partial charge in [-0.3, -0.25) is 14.5 Å². The molecule has 0 aromatic heterocycles. The Balaban J connectivity index is 1.68. The van der Waals surface area contributed by atoms with Gasteiger partial charge in [-0.05, 0) is 50.1 Å². The van der Waals surface area contributed by atoms with E-state index >= 15 is 0 Å². The Kier molecular flexibility index (Phi) is 6.47. The summed E-state index contributed by atoms with van der Waals surface area (Å²) in [5, 5.41) is 9.32. The van der Waals surface area contributed by atoms with Crippen molar-refractivity contribution in [2.24, 2.45) is 5.92 Å². The predicted octanol–water partition coefficient (Wildman–Crippen LogP) is 3.64. The Bertz CT molecular complexity index is 822. The molecular weight excluding hydrogens is 352 g/mol. The monoisotopic (exact) mass is 380 g/mol. The number of carbonyl (C=O) groups is 2. The van der Waals surface area contributed by atoms with E-state index in [1.807, 2.05) is 49.4 Å². The van der Waals surface area contributed by atoms with Crippen molar-refractivity contribution in [1.29, 1.82) is 0 Å². The van der Waals surface area contributed by atoms with E-state index in [1.54, 1.807) is 4.90 Å². The van der Waals surface area contributed by atoms with Crippen LogP contribution in [-0.4, -0.2) is 46.4 Å². The molecule has 2 aromatic carbocycles. The second kappa shape index (κ2) is 9.02. The van der Waals surface area contributed by atoms with Crippen LogP contribution in [0.3, 0.4) is 0 Å². The highest BCUT2D eigenvalue weighted by atomic mass is 16.4. The number of carboxylic acid groups (broad SMARTS) is 1. The zero-order chi connectivity index (χ0) is 20.1. The number of hydrogen-bond acceptors (Lipinski definition) is 3. The van der Waals surface area contributed by atoms with Crippen LogP contribution in [0.4, 0.5) is 0 Å². The summed E-state index contributed by atoms with van der Waals surface area (Å²) < 4.78 is 0. The summed E-state index contributed by atoms with van der Waals surface area (Å²) in [4.78, 5) is 28.3. The molecule has 2 unspecified atom stereocenters. The molecule has 28 heavy (non-hydrogen) atoms. The zero-order valence-electron chi connectivity index (χ0n) is 16.5. The largest absolute Gasteiger partial charge is 0.481 e. The Morgan fingerprint density at radius 3 is 2.43 bits per heavy atom. The first kappa shape index (κ1) is 20.1. The van der Waals surface area contributed by atoms with Gasteiger partial charge >= 0.3 is 5.97 Å². The number of carbonyl (C=O) groups excluding carboxylic acids is 1. The molecule has 0 radical (unpaired) electrons. The minimum Gasteiger partial charge on any atom is -0.481 e. The molecule has 0 bridgehead atoms. The van der Waals surface area contributed by atoms with Crippen molar-refractivity contribution < 1.29 is 14.7 Å². The van der Waals surface area contributed by atoms with Crippen molar-refractivity contribution in [2.45, 2.75) is 38.9 Å². The van der Waals surface area contributed by atoms with E-state index in [0.717, 1.165) is 25.1 Å². The predicted molar refractivity (Wildman–Crippen MR) is 109 cm³/mol. The van der Waals surface area contributed by atoms with Gasteiger partial charge in [0, 0.05) is 31.2 Å². The quantitative estimate of drug-likeness (QED) is 0.831. The van der Waals surface area contributed by atoms with Gasteiger partial charge in [-0.1, -0.05) is 42.5 Å². The third-order valence-corrected chi connectivity index (χ3v) is 5.41. The van der Waals surface area contributed by atoms with Crippen LogP contribution in [-0.2, 0) is 17.9 Å². The zero-order valence-corrected chi connectivity index (χ0v) is 16.5. The van der Waals surface area contributed by atoms with Gasteiger partial charge in [-0.2, -0.15) is 0 Å². The fourth-order valence-electron chi connectivity index (χ4n) is 3.82. The van der Waals surface area contributed by atoms with Crippen LogP contribution in [0.5, 0.6) is 0 Å². The number of nitrogens with zero attached hydrogens (tertiary/aromatic N) is 2. The van der Waals surface area contributed by atoms with Gasteiger partial charge in [0.2, 0.25) is 0 Å². The lowest BCUT2D eigenvalue weighted by Crippen LogP contribution is -2.47. The van der Waals surface area contributed by atoms with Gasteiger partial charge in [-0.25, -0.2) is 0 Å². The highest BCUT2D eigenvalue weighted by molar-refractivity contribution is 5.95. The summed E-state index contributed by atoms with van der Waals surface area (Å²) in [5.41, 5.74) is 2.95. The number of piperidine rings is 1. The van der Waals surface area contributed by atoms with Crippen LogP contribution in [0.25, 0.3) is 0 Å². The second-order valence-corrected chi connectivity index (χ2v) is 7.78. The van der Waals surface area contributed by atoms with Crippen LogP contribution in [0, 0.1) is 5.92 Å². The van der Waals surface area contributed by atoms with E-state index in [1.165, 1.54) is 5.56 Å². The number of carboxylic acids is 1. The molecule has 0 saturated carbocycles. The van der Waals surface area contributed by atoms with E-state index in [0.29, 0.717) is 12.0 Å². The average molecular weight is 380 g/mol. The summed E-state index contributed by atoms with van der Waals surface area (Å²) in [7, 11) is 2.06. The van der Waals surface area contributed by atoms with Crippen molar-refractivity contribution >= 4 is 11.9 Å². The summed E-state index contributed by atoms with van der Waals surface area (Å²) in [6, 6.07) is 18.0. The maximum atomic E-state index is 13.0. The summed E-state index contributed by atoms with van der Waals surface area (Å²) in [6.07, 6.45) is 1.35. The number of aliphatic carboxylic acids is 1. The van der Waals surface area contributed by atoms with E-state index < -0.39 is 11.9 Å². The molecule has 2 atom stereocenters. The van der Waals surface area contributed by atoms with Crippen LogP contribution in [0.2, 0.25) is 0 Å². The number of rotatable bonds is 6. The molecule has 3 rings (SSSR count). The first-order valence-electron chi connectivity index (χ1n) is 9.79. The Morgan fingerprint density at radius 1 is 1.04 bits per heavy atom. The molecule has 0 spiro atoms. The molecule has 1 aliphatic rings. The SMILES string of the molecule is CC1CCC(C(=O)O)CN1C(=O)c1cccc(CN(C)Cc2ccccc2)c1. The molecule has 148 valence electrons. The molecule has 2 aromatic rings. The highest BCUT2D eigenvalue weighted by Crippen LogP contribution is 2.24. The van der Waals surface area contributed by atoms with Crippen molar-refractivity contribution in [1.82, 2.24) is 9.80 Å². The van der Waals surface area contributed by atoms with Gasteiger partial charge in [0.25, 0.3) is 5.91 Å². The average Bonchev–Trinajstić information content (AvgIpc) is 2.68. The third-order valence-electron chi connectivity index (χ3n) is 5.41. The molecule has 1 amide bonds. The van der Waals surface area contributed by atoms with Gasteiger partial charge in [0.05, 0.1) is 5.92 Å². The molecular formula is C23H28N2O3. The third kappa shape index (κ3) is 4.98. The second-order valence-electron chi connectivity index (χ2n) is 7.78.